The summed E-state index contributed by atoms with van der Waals surface area (Å²) in [4.78, 5) is 10.7. The molecular formula is C13H10O7S. The van der Waals surface area contributed by atoms with E-state index in [4.69, 9.17) is 5.11 Å². The van der Waals surface area contributed by atoms with Gasteiger partial charge in [0.15, 0.2) is 11.5 Å². The minimum absolute atomic E-state index is 0.176. The van der Waals surface area contributed by atoms with Crippen molar-refractivity contribution in [2.24, 2.45) is 0 Å². The zero-order valence-electron chi connectivity index (χ0n) is 10.4. The van der Waals surface area contributed by atoms with Crippen molar-refractivity contribution < 1.29 is 32.7 Å². The number of hydrogen-bond acceptors (Lipinski definition) is 6. The average Bonchev–Trinajstić information content (AvgIpc) is 2.44. The first-order valence-electron chi connectivity index (χ1n) is 5.60. The number of phenols is 2. The summed E-state index contributed by atoms with van der Waals surface area (Å²) >= 11 is 0. The molecule has 0 unspecified atom stereocenters. The lowest BCUT2D eigenvalue weighted by Crippen LogP contribution is -2.10. The molecule has 0 atom stereocenters. The first-order valence-corrected chi connectivity index (χ1v) is 7.01. The van der Waals surface area contributed by atoms with E-state index in [0.717, 1.165) is 12.1 Å². The van der Waals surface area contributed by atoms with Crippen LogP contribution in [0.2, 0.25) is 0 Å². The van der Waals surface area contributed by atoms with E-state index in [-0.39, 0.29) is 4.90 Å². The van der Waals surface area contributed by atoms with E-state index in [0.29, 0.717) is 0 Å². The maximum Gasteiger partial charge on any atom is 0.339 e. The molecule has 7 nitrogen and oxygen atoms in total. The summed E-state index contributed by atoms with van der Waals surface area (Å²) in [5.74, 6) is -3.74. The largest absolute Gasteiger partial charge is 0.504 e. The molecule has 0 bridgehead atoms. The molecule has 0 saturated carbocycles. The fraction of sp³-hybridized carbons (Fsp3) is 0. The zero-order valence-corrected chi connectivity index (χ0v) is 11.2. The predicted molar refractivity (Wildman–Crippen MR) is 71.0 cm³/mol. The number of aromatic carboxylic acids is 1. The van der Waals surface area contributed by atoms with Crippen LogP contribution in [0.1, 0.15) is 10.4 Å². The van der Waals surface area contributed by atoms with Crippen molar-refractivity contribution >= 4 is 16.1 Å². The number of rotatable bonds is 4. The van der Waals surface area contributed by atoms with Gasteiger partial charge in [0, 0.05) is 6.07 Å². The summed E-state index contributed by atoms with van der Waals surface area (Å²) < 4.78 is 28.7. The summed E-state index contributed by atoms with van der Waals surface area (Å²) in [6, 6.07) is 8.67. The van der Waals surface area contributed by atoms with Gasteiger partial charge in [0.1, 0.15) is 4.90 Å². The highest BCUT2D eigenvalue weighted by atomic mass is 32.2. The highest BCUT2D eigenvalue weighted by molar-refractivity contribution is 7.87. The van der Waals surface area contributed by atoms with Crippen molar-refractivity contribution in [2.75, 3.05) is 0 Å². The third-order valence-corrected chi connectivity index (χ3v) is 3.78. The van der Waals surface area contributed by atoms with E-state index < -0.39 is 38.9 Å². The van der Waals surface area contributed by atoms with Crippen LogP contribution < -0.4 is 4.18 Å². The Labute approximate surface area is 119 Å². The number of benzene rings is 2. The van der Waals surface area contributed by atoms with E-state index in [2.05, 4.69) is 4.18 Å². The second-order valence-electron chi connectivity index (χ2n) is 4.00. The van der Waals surface area contributed by atoms with Crippen molar-refractivity contribution in [2.45, 2.75) is 4.90 Å². The Hall–Kier alpha value is -2.74. The van der Waals surface area contributed by atoms with Crippen molar-refractivity contribution in [1.82, 2.24) is 0 Å². The third-order valence-electron chi connectivity index (χ3n) is 2.53. The van der Waals surface area contributed by atoms with E-state index in [9.17, 15) is 23.4 Å². The van der Waals surface area contributed by atoms with Gasteiger partial charge in [-0.05, 0) is 18.2 Å². The van der Waals surface area contributed by atoms with Gasteiger partial charge in [0.25, 0.3) is 0 Å². The van der Waals surface area contributed by atoms with Gasteiger partial charge in [-0.25, -0.2) is 4.79 Å². The first-order chi connectivity index (χ1) is 9.81. The lowest BCUT2D eigenvalue weighted by atomic mass is 10.2. The van der Waals surface area contributed by atoms with Crippen molar-refractivity contribution in [3.05, 3.63) is 48.0 Å². The first kappa shape index (κ1) is 14.7. The summed E-state index contributed by atoms with van der Waals surface area (Å²) in [5.41, 5.74) is -0.427. The predicted octanol–water partition coefficient (Wildman–Crippen LogP) is 1.56. The Morgan fingerprint density at radius 2 is 1.67 bits per heavy atom. The molecule has 2 aromatic rings. The van der Waals surface area contributed by atoms with Crippen LogP contribution in [0.5, 0.6) is 17.2 Å². The molecule has 0 radical (unpaired) electrons. The molecule has 0 amide bonds. The number of aromatic hydroxyl groups is 2. The van der Waals surface area contributed by atoms with Crippen LogP contribution in [0.4, 0.5) is 0 Å². The topological polar surface area (TPSA) is 121 Å². The quantitative estimate of drug-likeness (QED) is 0.578. The van der Waals surface area contributed by atoms with Gasteiger partial charge in [0.05, 0.1) is 5.56 Å². The molecule has 0 heterocycles. The van der Waals surface area contributed by atoms with Gasteiger partial charge in [-0.2, -0.15) is 8.42 Å². The van der Waals surface area contributed by atoms with Gasteiger partial charge in [-0.15, -0.1) is 0 Å². The lowest BCUT2D eigenvalue weighted by Gasteiger charge is -2.10. The highest BCUT2D eigenvalue weighted by Gasteiger charge is 2.21. The van der Waals surface area contributed by atoms with Crippen LogP contribution in [0, 0.1) is 0 Å². The van der Waals surface area contributed by atoms with Gasteiger partial charge in [0.2, 0.25) is 5.75 Å². The summed E-state index contributed by atoms with van der Waals surface area (Å²) in [7, 11) is -4.26. The molecule has 8 heteroatoms. The normalized spacial score (nSPS) is 11.0. The zero-order chi connectivity index (χ0) is 15.6. The fourth-order valence-electron chi connectivity index (χ4n) is 1.53. The van der Waals surface area contributed by atoms with Crippen molar-refractivity contribution in [3.63, 3.8) is 0 Å². The van der Waals surface area contributed by atoms with Gasteiger partial charge < -0.3 is 19.5 Å². The molecule has 2 aromatic carbocycles. The highest BCUT2D eigenvalue weighted by Crippen LogP contribution is 2.38. The smallest absolute Gasteiger partial charge is 0.339 e. The van der Waals surface area contributed by atoms with Crippen LogP contribution in [-0.4, -0.2) is 29.7 Å². The molecule has 0 aliphatic carbocycles. The minimum atomic E-state index is -4.26. The van der Waals surface area contributed by atoms with Gasteiger partial charge in [-0.3, -0.25) is 0 Å². The number of phenolic OH excluding ortho intramolecular Hbond substituents is 2. The maximum atomic E-state index is 12.0. The molecule has 0 saturated heterocycles. The molecule has 0 fully saturated rings. The van der Waals surface area contributed by atoms with E-state index >= 15 is 0 Å². The molecule has 2 rings (SSSR count). The Bertz CT molecular complexity index is 782. The van der Waals surface area contributed by atoms with Crippen LogP contribution in [-0.2, 0) is 10.1 Å². The molecule has 21 heavy (non-hydrogen) atoms. The fourth-order valence-corrected chi connectivity index (χ4v) is 2.48. The number of carboxylic acid groups (broad SMARTS) is 1. The van der Waals surface area contributed by atoms with E-state index in [1.165, 1.54) is 24.3 Å². The molecular weight excluding hydrogens is 300 g/mol. The second kappa shape index (κ2) is 5.33. The van der Waals surface area contributed by atoms with E-state index in [1.807, 2.05) is 0 Å². The molecule has 110 valence electrons. The monoisotopic (exact) mass is 310 g/mol. The van der Waals surface area contributed by atoms with Crippen LogP contribution >= 0.6 is 0 Å². The lowest BCUT2D eigenvalue weighted by molar-refractivity contribution is 0.0696. The summed E-state index contributed by atoms with van der Waals surface area (Å²) in [6.45, 7) is 0. The van der Waals surface area contributed by atoms with Crippen molar-refractivity contribution in [3.8, 4) is 17.2 Å². The average molecular weight is 310 g/mol. The van der Waals surface area contributed by atoms with E-state index in [1.54, 1.807) is 6.07 Å². The molecule has 0 aliphatic heterocycles. The second-order valence-corrected chi connectivity index (χ2v) is 5.54. The molecule has 3 N–H and O–H groups in total. The molecule has 0 spiro atoms. The maximum absolute atomic E-state index is 12.0. The van der Waals surface area contributed by atoms with Crippen LogP contribution in [0.15, 0.2) is 47.4 Å². The Morgan fingerprint density at radius 1 is 1.05 bits per heavy atom. The summed E-state index contributed by atoms with van der Waals surface area (Å²) in [5, 5.41) is 27.8. The third kappa shape index (κ3) is 3.06. The number of carboxylic acids is 1. The minimum Gasteiger partial charge on any atom is -0.504 e. The van der Waals surface area contributed by atoms with Gasteiger partial charge in [-0.1, -0.05) is 18.2 Å². The Morgan fingerprint density at radius 3 is 2.24 bits per heavy atom. The number of hydrogen-bond donors (Lipinski definition) is 3. The summed E-state index contributed by atoms with van der Waals surface area (Å²) in [6.07, 6.45) is 0. The van der Waals surface area contributed by atoms with Crippen molar-refractivity contribution in [1.29, 1.82) is 0 Å². The van der Waals surface area contributed by atoms with Crippen LogP contribution in [0.25, 0.3) is 0 Å². The molecule has 0 aliphatic rings. The van der Waals surface area contributed by atoms with Crippen LogP contribution in [0.3, 0.4) is 0 Å². The standard InChI is InChI=1S/C13H10O7S/c14-10-6-8(13(16)17)7-11(12(10)15)20-21(18,19)9-4-2-1-3-5-9/h1-7,14-15H,(H,16,17). The SMILES string of the molecule is O=C(O)c1cc(O)c(O)c(OS(=O)(=O)c2ccccc2)c1. The molecule has 0 aromatic heterocycles. The Balaban J connectivity index is 2.47. The van der Waals surface area contributed by atoms with Gasteiger partial charge >= 0.3 is 16.1 Å². The number of carbonyl (C=O) groups is 1. The Kier molecular flexibility index (Phi) is 3.72.